The van der Waals surface area contributed by atoms with Crippen LogP contribution in [0.4, 0.5) is 4.79 Å². The Hall–Kier alpha value is -4.62. The van der Waals surface area contributed by atoms with Crippen molar-refractivity contribution in [2.45, 2.75) is 71.4 Å². The van der Waals surface area contributed by atoms with Crippen LogP contribution in [0.2, 0.25) is 0 Å². The van der Waals surface area contributed by atoms with Gasteiger partial charge in [0.2, 0.25) is 17.4 Å². The summed E-state index contributed by atoms with van der Waals surface area (Å²) < 4.78 is 18.1. The molecule has 244 valence electrons. The second-order valence-electron chi connectivity index (χ2n) is 11.2. The fourth-order valence-corrected chi connectivity index (χ4v) is 5.28. The first-order chi connectivity index (χ1) is 21.5. The first-order valence-electron chi connectivity index (χ1n) is 15.2. The fraction of sp³-hybridized carbons (Fsp3) is 0.548. The van der Waals surface area contributed by atoms with Crippen molar-refractivity contribution in [1.29, 1.82) is 0 Å². The van der Waals surface area contributed by atoms with Gasteiger partial charge in [0, 0.05) is 38.7 Å². The van der Waals surface area contributed by atoms with Gasteiger partial charge in [-0.2, -0.15) is 9.78 Å². The number of hydrogen-bond acceptors (Lipinski definition) is 9. The molecule has 2 heterocycles. The quantitative estimate of drug-likeness (QED) is 0.334. The van der Waals surface area contributed by atoms with E-state index in [1.54, 1.807) is 13.8 Å². The lowest BCUT2D eigenvalue weighted by Crippen LogP contribution is -2.56. The van der Waals surface area contributed by atoms with E-state index in [1.807, 2.05) is 32.0 Å². The Kier molecular flexibility index (Phi) is 10.7. The predicted molar refractivity (Wildman–Crippen MR) is 160 cm³/mol. The average Bonchev–Trinajstić information content (AvgIpc) is 3.41. The van der Waals surface area contributed by atoms with Gasteiger partial charge in [0.25, 0.3) is 5.91 Å². The molecule has 3 amide bonds. The van der Waals surface area contributed by atoms with E-state index in [4.69, 9.17) is 14.2 Å². The molecule has 1 aliphatic heterocycles. The second-order valence-corrected chi connectivity index (χ2v) is 11.2. The number of piperazine rings is 1. The third kappa shape index (κ3) is 7.73. The zero-order valence-corrected chi connectivity index (χ0v) is 26.2. The van der Waals surface area contributed by atoms with Crippen molar-refractivity contribution < 1.29 is 43.3 Å². The number of carbonyl (C=O) groups excluding carboxylic acids is 4. The van der Waals surface area contributed by atoms with Crippen LogP contribution in [0.25, 0.3) is 5.69 Å². The zero-order valence-electron chi connectivity index (χ0n) is 26.2. The molecule has 2 N–H and O–H groups in total. The maximum absolute atomic E-state index is 13.6. The molecule has 1 atom stereocenters. The average molecular weight is 628 g/mol. The van der Waals surface area contributed by atoms with Gasteiger partial charge in [-0.1, -0.05) is 12.1 Å². The van der Waals surface area contributed by atoms with E-state index in [0.29, 0.717) is 18.5 Å². The zero-order chi connectivity index (χ0) is 32.7. The number of carboxylic acid groups (broad SMARTS) is 1. The Balaban J connectivity index is 1.59. The summed E-state index contributed by atoms with van der Waals surface area (Å²) in [6.07, 6.45) is 0.689. The topological polar surface area (TPSA) is 170 Å². The van der Waals surface area contributed by atoms with Crippen LogP contribution >= 0.6 is 0 Å². The third-order valence-electron chi connectivity index (χ3n) is 7.98. The molecule has 1 saturated heterocycles. The molecule has 1 aromatic heterocycles. The van der Waals surface area contributed by atoms with Gasteiger partial charge in [0.15, 0.2) is 5.69 Å². The largest absolute Gasteiger partial charge is 0.481 e. The maximum Gasteiger partial charge on any atom is 0.409 e. The van der Waals surface area contributed by atoms with Gasteiger partial charge in [-0.25, -0.2) is 9.59 Å². The summed E-state index contributed by atoms with van der Waals surface area (Å²) in [5.74, 6) is -2.62. The number of aliphatic carboxylic acids is 1. The lowest BCUT2D eigenvalue weighted by atomic mass is 9.80. The van der Waals surface area contributed by atoms with E-state index in [9.17, 15) is 29.1 Å². The fourth-order valence-electron chi connectivity index (χ4n) is 5.28. The highest BCUT2D eigenvalue weighted by Crippen LogP contribution is 2.39. The Morgan fingerprint density at radius 3 is 2.24 bits per heavy atom. The highest BCUT2D eigenvalue weighted by Gasteiger charge is 2.49. The molecule has 0 bridgehead atoms. The molecule has 2 fully saturated rings. The molecule has 1 saturated carbocycles. The molecular weight excluding hydrogens is 586 g/mol. The van der Waals surface area contributed by atoms with Gasteiger partial charge in [-0.15, -0.1) is 0 Å². The standard InChI is InChI=1S/C31H41N5O9/c1-5-43-29(41)31(12-7-13-31)45-25-19-23(33-36(25)24-18-20(3)8-9-21(24)4)27(39)32-22(10-11-26(37)38)28(40)34-14-16-35(17-15-34)30(42)44-6-2/h8-9,18-19,22H,5-7,10-17H2,1-4H3,(H,32,39)(H,37,38). The van der Waals surface area contributed by atoms with Crippen LogP contribution in [0.5, 0.6) is 5.88 Å². The molecule has 1 unspecified atom stereocenters. The lowest BCUT2D eigenvalue weighted by Gasteiger charge is -2.38. The predicted octanol–water partition coefficient (Wildman–Crippen LogP) is 2.62. The molecule has 2 aromatic rings. The minimum atomic E-state index is -1.20. The molecule has 4 rings (SSSR count). The first-order valence-corrected chi connectivity index (χ1v) is 15.2. The number of hydrogen-bond donors (Lipinski definition) is 2. The van der Waals surface area contributed by atoms with Crippen LogP contribution in [0, 0.1) is 13.8 Å². The number of aryl methyl sites for hydroxylation is 2. The smallest absolute Gasteiger partial charge is 0.409 e. The van der Waals surface area contributed by atoms with Crippen LogP contribution in [0.15, 0.2) is 24.3 Å². The van der Waals surface area contributed by atoms with Crippen molar-refractivity contribution in [3.05, 3.63) is 41.1 Å². The molecule has 1 aliphatic carbocycles. The van der Waals surface area contributed by atoms with Gasteiger partial charge >= 0.3 is 18.0 Å². The molecule has 0 spiro atoms. The van der Waals surface area contributed by atoms with E-state index in [0.717, 1.165) is 17.5 Å². The van der Waals surface area contributed by atoms with Gasteiger partial charge in [0.1, 0.15) is 6.04 Å². The van der Waals surface area contributed by atoms with E-state index >= 15 is 0 Å². The summed E-state index contributed by atoms with van der Waals surface area (Å²) >= 11 is 0. The summed E-state index contributed by atoms with van der Waals surface area (Å²) in [5, 5.41) is 16.5. The van der Waals surface area contributed by atoms with Crippen LogP contribution in [0.3, 0.4) is 0 Å². The van der Waals surface area contributed by atoms with Crippen molar-refractivity contribution in [3.8, 4) is 11.6 Å². The summed E-state index contributed by atoms with van der Waals surface area (Å²) in [4.78, 5) is 66.5. The number of esters is 1. The maximum atomic E-state index is 13.6. The Morgan fingerprint density at radius 1 is 0.978 bits per heavy atom. The summed E-state index contributed by atoms with van der Waals surface area (Å²) in [6.45, 7) is 8.53. The normalized spacial score (nSPS) is 16.3. The number of ether oxygens (including phenoxy) is 3. The Bertz CT molecular complexity index is 1430. The minimum absolute atomic E-state index is 0.0792. The van der Waals surface area contributed by atoms with Crippen LogP contribution in [-0.2, 0) is 23.9 Å². The van der Waals surface area contributed by atoms with Crippen molar-refractivity contribution in [2.75, 3.05) is 39.4 Å². The van der Waals surface area contributed by atoms with Gasteiger partial charge in [-0.3, -0.25) is 14.4 Å². The number of carboxylic acids is 1. The molecule has 14 heteroatoms. The summed E-state index contributed by atoms with van der Waals surface area (Å²) in [7, 11) is 0. The molecular formula is C31H41N5O9. The lowest BCUT2D eigenvalue weighted by molar-refractivity contribution is -0.170. The van der Waals surface area contributed by atoms with Gasteiger partial charge in [-0.05, 0) is 70.6 Å². The monoisotopic (exact) mass is 627 g/mol. The highest BCUT2D eigenvalue weighted by molar-refractivity contribution is 5.96. The number of rotatable bonds is 12. The SMILES string of the molecule is CCOC(=O)N1CCN(C(=O)C(CCC(=O)O)NC(=O)c2cc(OC3(C(=O)OCC)CCC3)n(-c3cc(C)ccc3C)n2)CC1. The van der Waals surface area contributed by atoms with Crippen molar-refractivity contribution in [3.63, 3.8) is 0 Å². The van der Waals surface area contributed by atoms with E-state index < -0.39 is 41.5 Å². The number of aromatic nitrogens is 2. The molecule has 1 aromatic carbocycles. The van der Waals surface area contributed by atoms with Crippen LogP contribution in [0.1, 0.15) is 67.6 Å². The number of benzene rings is 1. The molecule has 0 radical (unpaired) electrons. The third-order valence-corrected chi connectivity index (χ3v) is 7.98. The molecule has 45 heavy (non-hydrogen) atoms. The molecule has 2 aliphatic rings. The van der Waals surface area contributed by atoms with Gasteiger partial charge in [0.05, 0.1) is 18.9 Å². The minimum Gasteiger partial charge on any atom is -0.481 e. The summed E-state index contributed by atoms with van der Waals surface area (Å²) in [6, 6.07) is 5.98. The van der Waals surface area contributed by atoms with Crippen LogP contribution in [-0.4, -0.2) is 106 Å². The first kappa shape index (κ1) is 33.3. The van der Waals surface area contributed by atoms with E-state index in [1.165, 1.54) is 20.5 Å². The van der Waals surface area contributed by atoms with E-state index in [-0.39, 0.29) is 63.8 Å². The number of carbonyl (C=O) groups is 5. The number of amides is 3. The highest BCUT2D eigenvalue weighted by atomic mass is 16.6. The number of nitrogens with one attached hydrogen (secondary N) is 1. The Labute approximate surface area is 261 Å². The van der Waals surface area contributed by atoms with Crippen molar-refractivity contribution in [2.24, 2.45) is 0 Å². The van der Waals surface area contributed by atoms with E-state index in [2.05, 4.69) is 10.4 Å². The van der Waals surface area contributed by atoms with Crippen molar-refractivity contribution >= 4 is 29.8 Å². The summed E-state index contributed by atoms with van der Waals surface area (Å²) in [5.41, 5.74) is 1.14. The molecule has 14 nitrogen and oxygen atoms in total. The number of nitrogens with zero attached hydrogens (tertiary/aromatic N) is 4. The second kappa shape index (κ2) is 14.4. The van der Waals surface area contributed by atoms with Crippen LogP contribution < -0.4 is 10.1 Å². The van der Waals surface area contributed by atoms with Gasteiger partial charge < -0.3 is 34.4 Å². The van der Waals surface area contributed by atoms with Crippen molar-refractivity contribution in [1.82, 2.24) is 24.9 Å². The Morgan fingerprint density at radius 2 is 1.64 bits per heavy atom.